The van der Waals surface area contributed by atoms with Gasteiger partial charge in [0.25, 0.3) is 0 Å². The van der Waals surface area contributed by atoms with Crippen LogP contribution in [0, 0.1) is 0 Å². The van der Waals surface area contributed by atoms with Gasteiger partial charge in [-0.2, -0.15) is 0 Å². The second-order valence-corrected chi connectivity index (χ2v) is 11.9. The fourth-order valence-corrected chi connectivity index (χ4v) is 5.17. The number of hydrogen-bond donors (Lipinski definition) is 1. The fourth-order valence-electron chi connectivity index (χ4n) is 4.61. The average molecular weight is 597 g/mol. The van der Waals surface area contributed by atoms with E-state index < -0.39 is 10.0 Å². The summed E-state index contributed by atoms with van der Waals surface area (Å²) in [7, 11) is -3.45. The molecule has 0 atom stereocenters. The molecule has 3 rings (SSSR count). The zero-order valence-corrected chi connectivity index (χ0v) is 28.2. The van der Waals surface area contributed by atoms with Gasteiger partial charge in [0, 0.05) is 29.6 Å². The molecule has 0 amide bonds. The molecule has 222 valence electrons. The van der Waals surface area contributed by atoms with E-state index in [-0.39, 0.29) is 40.8 Å². The van der Waals surface area contributed by atoms with E-state index in [1.54, 1.807) is 30.3 Å². The monoisotopic (exact) mass is 596 g/mol. The molecule has 0 aliphatic heterocycles. The van der Waals surface area contributed by atoms with Gasteiger partial charge in [0.05, 0.1) is 18.4 Å². The number of anilines is 1. The first kappa shape index (κ1) is 37.1. The number of ether oxygens (including phenoxy) is 1. The van der Waals surface area contributed by atoms with Crippen molar-refractivity contribution in [2.45, 2.75) is 72.1 Å². The van der Waals surface area contributed by atoms with Crippen LogP contribution in [0.1, 0.15) is 87.4 Å². The van der Waals surface area contributed by atoms with Gasteiger partial charge in [-0.1, -0.05) is 40.0 Å². The Hall–Kier alpha value is -1.88. The van der Waals surface area contributed by atoms with Crippen molar-refractivity contribution in [1.29, 1.82) is 0 Å². The van der Waals surface area contributed by atoms with E-state index in [4.69, 9.17) is 9.15 Å². The molecule has 41 heavy (non-hydrogen) atoms. The van der Waals surface area contributed by atoms with Crippen molar-refractivity contribution < 1.29 is 57.4 Å². The van der Waals surface area contributed by atoms with Gasteiger partial charge in [0.15, 0.2) is 5.78 Å². The number of sulfonamides is 1. The second-order valence-electron chi connectivity index (χ2n) is 10.2. The van der Waals surface area contributed by atoms with Gasteiger partial charge in [0.1, 0.15) is 17.1 Å². The molecular formula is C31H45N2NaO6S. The number of unbranched alkanes of at least 4 members (excludes halogenated alkanes) is 3. The summed E-state index contributed by atoms with van der Waals surface area (Å²) in [4.78, 5) is 16.2. The minimum absolute atomic E-state index is 0. The topological polar surface area (TPSA) is 119 Å². The standard InChI is InChI=1S/C31H44N2O5S.Na.H2O/c1-5-8-12-29-30(27-23-25(32-39(4,35)36)15-18-28(27)38-29)31(34)24-13-16-26(17-14-24)37-22-11-21-33(19-9-6-2)20-10-7-3;;/h13-18,23,32H,5-12,19-22H2,1-4H3;;1H2/q;+1;/p-1. The first-order chi connectivity index (χ1) is 18.8. The van der Waals surface area contributed by atoms with E-state index in [2.05, 4.69) is 30.4 Å². The molecule has 1 heterocycles. The summed E-state index contributed by atoms with van der Waals surface area (Å²) >= 11 is 0. The number of hydrogen-bond acceptors (Lipinski definition) is 7. The van der Waals surface area contributed by atoms with Crippen LogP contribution in [-0.2, 0) is 16.4 Å². The predicted molar refractivity (Wildman–Crippen MR) is 161 cm³/mol. The minimum Gasteiger partial charge on any atom is -0.870 e. The Kier molecular flexibility index (Phi) is 16.9. The summed E-state index contributed by atoms with van der Waals surface area (Å²) in [6, 6.07) is 12.3. The maximum atomic E-state index is 13.7. The van der Waals surface area contributed by atoms with Crippen LogP contribution in [0.3, 0.4) is 0 Å². The molecule has 0 bridgehead atoms. The second kappa shape index (κ2) is 18.6. The number of nitrogens with one attached hydrogen (secondary N) is 1. The van der Waals surface area contributed by atoms with Crippen molar-refractivity contribution >= 4 is 32.5 Å². The number of carbonyl (C=O) groups is 1. The van der Waals surface area contributed by atoms with E-state index in [1.807, 2.05) is 12.1 Å². The Labute approximate surface area is 267 Å². The Balaban J connectivity index is 0.00000420. The first-order valence-electron chi connectivity index (χ1n) is 14.3. The minimum atomic E-state index is -3.45. The Morgan fingerprint density at radius 2 is 1.51 bits per heavy atom. The van der Waals surface area contributed by atoms with Crippen molar-refractivity contribution in [3.05, 3.63) is 59.4 Å². The third-order valence-corrected chi connectivity index (χ3v) is 7.31. The number of furan rings is 1. The Bertz CT molecular complexity index is 1300. The fraction of sp³-hybridized carbons (Fsp3) is 0.516. The van der Waals surface area contributed by atoms with Crippen LogP contribution in [-0.4, -0.2) is 57.1 Å². The largest absolute Gasteiger partial charge is 1.00 e. The smallest absolute Gasteiger partial charge is 0.870 e. The maximum absolute atomic E-state index is 13.7. The van der Waals surface area contributed by atoms with Crippen molar-refractivity contribution in [1.82, 2.24) is 4.90 Å². The zero-order valence-electron chi connectivity index (χ0n) is 25.4. The Morgan fingerprint density at radius 3 is 2.10 bits per heavy atom. The molecule has 0 radical (unpaired) electrons. The van der Waals surface area contributed by atoms with Crippen LogP contribution in [0.5, 0.6) is 5.75 Å². The molecule has 0 aliphatic rings. The number of ketones is 1. The van der Waals surface area contributed by atoms with Crippen LogP contribution in [0.25, 0.3) is 11.0 Å². The van der Waals surface area contributed by atoms with Gasteiger partial charge >= 0.3 is 29.6 Å². The summed E-state index contributed by atoms with van der Waals surface area (Å²) in [5.74, 6) is 1.22. The predicted octanol–water partition coefficient (Wildman–Crippen LogP) is 3.88. The van der Waals surface area contributed by atoms with E-state index in [0.717, 1.165) is 50.9 Å². The molecule has 1 aromatic heterocycles. The Morgan fingerprint density at radius 1 is 0.902 bits per heavy atom. The molecule has 3 aromatic rings. The van der Waals surface area contributed by atoms with E-state index >= 15 is 0 Å². The quantitative estimate of drug-likeness (QED) is 0.135. The molecule has 0 saturated carbocycles. The normalized spacial score (nSPS) is 11.2. The van der Waals surface area contributed by atoms with Crippen molar-refractivity contribution in [3.8, 4) is 5.75 Å². The number of nitrogens with zero attached hydrogens (tertiary/aromatic N) is 1. The van der Waals surface area contributed by atoms with Crippen LogP contribution in [0.4, 0.5) is 5.69 Å². The third-order valence-electron chi connectivity index (χ3n) is 6.71. The number of carbonyl (C=O) groups excluding carboxylic acids is 1. The molecule has 2 N–H and O–H groups in total. The molecule has 0 saturated heterocycles. The molecule has 8 nitrogen and oxygen atoms in total. The maximum Gasteiger partial charge on any atom is 1.00 e. The SMILES string of the molecule is CCCCc1oc2ccc(NS(C)(=O)=O)cc2c1C(=O)c1ccc(OCCCN(CCCC)CCCC)cc1.[Na+].[OH-]. The molecule has 10 heteroatoms. The van der Waals surface area contributed by atoms with E-state index in [0.29, 0.717) is 46.6 Å². The summed E-state index contributed by atoms with van der Waals surface area (Å²) in [5, 5.41) is 0.607. The third kappa shape index (κ3) is 11.7. The number of rotatable bonds is 18. The summed E-state index contributed by atoms with van der Waals surface area (Å²) < 4.78 is 38.0. The van der Waals surface area contributed by atoms with Gasteiger partial charge < -0.3 is 19.5 Å². The van der Waals surface area contributed by atoms with Gasteiger partial charge in [-0.25, -0.2) is 8.42 Å². The van der Waals surface area contributed by atoms with Gasteiger partial charge in [-0.05, 0) is 81.2 Å². The van der Waals surface area contributed by atoms with Gasteiger partial charge in [-0.15, -0.1) is 0 Å². The first-order valence-corrected chi connectivity index (χ1v) is 16.2. The van der Waals surface area contributed by atoms with Crippen molar-refractivity contribution in [3.63, 3.8) is 0 Å². The average Bonchev–Trinajstić information content (AvgIpc) is 3.27. The molecule has 0 aliphatic carbocycles. The molecule has 0 unspecified atom stereocenters. The number of aryl methyl sites for hydroxylation is 1. The zero-order chi connectivity index (χ0) is 28.3. The number of fused-ring (bicyclic) bond motifs is 1. The molecular weight excluding hydrogens is 551 g/mol. The van der Waals surface area contributed by atoms with Crippen LogP contribution < -0.4 is 39.0 Å². The molecule has 0 spiro atoms. The van der Waals surface area contributed by atoms with Crippen LogP contribution in [0.2, 0.25) is 0 Å². The number of benzene rings is 2. The summed E-state index contributed by atoms with van der Waals surface area (Å²) in [5.41, 5.74) is 1.99. The van der Waals surface area contributed by atoms with Crippen molar-refractivity contribution in [2.24, 2.45) is 0 Å². The summed E-state index contributed by atoms with van der Waals surface area (Å²) in [6.07, 6.45) is 9.40. The van der Waals surface area contributed by atoms with Crippen LogP contribution in [0.15, 0.2) is 46.9 Å². The van der Waals surface area contributed by atoms with Crippen molar-refractivity contribution in [2.75, 3.05) is 37.2 Å². The summed E-state index contributed by atoms with van der Waals surface area (Å²) in [6.45, 7) is 10.5. The van der Waals surface area contributed by atoms with Gasteiger partial charge in [-0.3, -0.25) is 9.52 Å². The van der Waals surface area contributed by atoms with Crippen LogP contribution >= 0.6 is 0 Å². The van der Waals surface area contributed by atoms with Gasteiger partial charge in [0.2, 0.25) is 10.0 Å². The molecule has 0 fully saturated rings. The molecule has 2 aromatic carbocycles. The van der Waals surface area contributed by atoms with E-state index in [1.165, 1.54) is 25.7 Å². The van der Waals surface area contributed by atoms with E-state index in [9.17, 15) is 13.2 Å².